The molecule has 3 atom stereocenters. The van der Waals surface area contributed by atoms with Gasteiger partial charge in [0.15, 0.2) is 6.23 Å². The number of hydrogen-bond acceptors (Lipinski definition) is 8. The van der Waals surface area contributed by atoms with Crippen molar-refractivity contribution >= 4 is 7.60 Å². The predicted molar refractivity (Wildman–Crippen MR) is 92.3 cm³/mol. The maximum atomic E-state index is 12.5. The summed E-state index contributed by atoms with van der Waals surface area (Å²) in [5.41, 5.74) is -2.78. The zero-order valence-electron chi connectivity index (χ0n) is 15.0. The van der Waals surface area contributed by atoms with Crippen molar-refractivity contribution in [1.82, 2.24) is 9.55 Å². The first kappa shape index (κ1) is 21.0. The van der Waals surface area contributed by atoms with E-state index in [1.165, 1.54) is 13.1 Å². The average molecular weight is 392 g/mol. The quantitative estimate of drug-likeness (QED) is 0.530. The van der Waals surface area contributed by atoms with Gasteiger partial charge in [0.2, 0.25) is 0 Å². The molecule has 1 aliphatic heterocycles. The fourth-order valence-electron chi connectivity index (χ4n) is 2.79. The van der Waals surface area contributed by atoms with Crippen LogP contribution in [-0.2, 0) is 18.3 Å². The lowest BCUT2D eigenvalue weighted by Gasteiger charge is -2.28. The van der Waals surface area contributed by atoms with E-state index in [0.717, 1.165) is 4.57 Å². The Labute approximate surface area is 150 Å². The molecule has 1 fully saturated rings. The Hall–Kier alpha value is -1.29. The van der Waals surface area contributed by atoms with Crippen LogP contribution >= 0.6 is 7.60 Å². The van der Waals surface area contributed by atoms with Crippen molar-refractivity contribution < 1.29 is 28.6 Å². The summed E-state index contributed by atoms with van der Waals surface area (Å²) in [4.78, 5) is 25.6. The number of aromatic nitrogens is 2. The van der Waals surface area contributed by atoms with E-state index in [1.54, 1.807) is 13.8 Å². The van der Waals surface area contributed by atoms with E-state index in [1.807, 2.05) is 0 Å². The van der Waals surface area contributed by atoms with Gasteiger partial charge < -0.3 is 24.0 Å². The summed E-state index contributed by atoms with van der Waals surface area (Å²) in [5.74, 6) is 0. The van der Waals surface area contributed by atoms with Crippen LogP contribution in [0, 0.1) is 6.92 Å². The van der Waals surface area contributed by atoms with E-state index in [-0.39, 0.29) is 38.0 Å². The van der Waals surface area contributed by atoms with E-state index in [0.29, 0.717) is 0 Å². The molecule has 148 valence electrons. The number of aliphatic hydroxyl groups is 2. The minimum absolute atomic E-state index is 0.112. The van der Waals surface area contributed by atoms with Crippen molar-refractivity contribution in [2.24, 2.45) is 0 Å². The Bertz CT molecular complexity index is 781. The molecule has 0 bridgehead atoms. The largest absolute Gasteiger partial charge is 0.385 e. The predicted octanol–water partition coefficient (Wildman–Crippen LogP) is 0.122. The number of hydrogen-bond donors (Lipinski definition) is 3. The second kappa shape index (κ2) is 8.16. The Morgan fingerprint density at radius 1 is 1.38 bits per heavy atom. The number of nitrogens with zero attached hydrogens (tertiary/aromatic N) is 1. The van der Waals surface area contributed by atoms with Crippen LogP contribution in [0.25, 0.3) is 0 Å². The SMILES string of the molecule is CCOP(=O)(CC[C@@]1(O)CO[C@@H](n2cc(C)c(=O)[nH]c2=O)[C@@H]1O)OCC. The van der Waals surface area contributed by atoms with Crippen LogP contribution in [0.2, 0.25) is 0 Å². The second-order valence-electron chi connectivity index (χ2n) is 6.15. The minimum atomic E-state index is -3.40. The third-order valence-corrected chi connectivity index (χ3v) is 6.29. The van der Waals surface area contributed by atoms with Gasteiger partial charge in [0.25, 0.3) is 5.56 Å². The monoisotopic (exact) mass is 392 g/mol. The lowest BCUT2D eigenvalue weighted by molar-refractivity contribution is -0.0638. The summed E-state index contributed by atoms with van der Waals surface area (Å²) in [6, 6.07) is 0. The average Bonchev–Trinajstić information content (AvgIpc) is 2.86. The maximum Gasteiger partial charge on any atom is 0.330 e. The van der Waals surface area contributed by atoms with Crippen molar-refractivity contribution in [3.8, 4) is 0 Å². The third-order valence-electron chi connectivity index (χ3n) is 4.21. The highest BCUT2D eigenvalue weighted by Crippen LogP contribution is 2.50. The van der Waals surface area contributed by atoms with Gasteiger partial charge in [-0.05, 0) is 27.2 Å². The normalized spacial score (nSPS) is 26.3. The molecular formula is C15H25N2O8P. The number of aryl methyl sites for hydroxylation is 1. The van der Waals surface area contributed by atoms with Gasteiger partial charge in [-0.2, -0.15) is 0 Å². The van der Waals surface area contributed by atoms with Crippen molar-refractivity contribution in [2.75, 3.05) is 26.0 Å². The van der Waals surface area contributed by atoms with Crippen LogP contribution in [-0.4, -0.2) is 57.5 Å². The first-order chi connectivity index (χ1) is 12.2. The number of aromatic amines is 1. The molecular weight excluding hydrogens is 367 g/mol. The molecule has 1 aliphatic rings. The summed E-state index contributed by atoms with van der Waals surface area (Å²) in [7, 11) is -3.40. The summed E-state index contributed by atoms with van der Waals surface area (Å²) >= 11 is 0. The molecule has 10 nitrogen and oxygen atoms in total. The Kier molecular flexibility index (Phi) is 6.60. The molecule has 3 N–H and O–H groups in total. The number of H-pyrrole nitrogens is 1. The topological polar surface area (TPSA) is 140 Å². The lowest BCUT2D eigenvalue weighted by Crippen LogP contribution is -2.45. The molecule has 11 heteroatoms. The van der Waals surface area contributed by atoms with Gasteiger partial charge in [-0.25, -0.2) is 4.79 Å². The van der Waals surface area contributed by atoms with Crippen molar-refractivity contribution in [2.45, 2.75) is 45.1 Å². The standard InChI is InChI=1S/C15H25N2O8P/c1-4-24-26(22,25-5-2)7-6-15(21)9-23-13(11(15)18)17-8-10(3)12(19)16-14(17)20/h8,11,13,18,21H,4-7,9H2,1-3H3,(H,16,19,20)/t11-,13+,15+/m0/s1. The van der Waals surface area contributed by atoms with Crippen LogP contribution in [0.15, 0.2) is 15.8 Å². The summed E-state index contributed by atoms with van der Waals surface area (Å²) in [6.07, 6.45) is -1.62. The highest BCUT2D eigenvalue weighted by atomic mass is 31.2. The summed E-state index contributed by atoms with van der Waals surface area (Å²) in [5, 5.41) is 21.2. The highest BCUT2D eigenvalue weighted by Gasteiger charge is 2.50. The van der Waals surface area contributed by atoms with E-state index in [9.17, 15) is 24.4 Å². The van der Waals surface area contributed by atoms with Gasteiger partial charge in [0, 0.05) is 11.8 Å². The molecule has 2 heterocycles. The molecule has 0 saturated carbocycles. The molecule has 1 saturated heterocycles. The number of ether oxygens (including phenoxy) is 1. The van der Waals surface area contributed by atoms with Crippen LogP contribution < -0.4 is 11.2 Å². The molecule has 0 aromatic carbocycles. The number of nitrogens with one attached hydrogen (secondary N) is 1. The van der Waals surface area contributed by atoms with E-state index >= 15 is 0 Å². The molecule has 1 aromatic heterocycles. The van der Waals surface area contributed by atoms with Gasteiger partial charge >= 0.3 is 13.3 Å². The van der Waals surface area contributed by atoms with E-state index in [2.05, 4.69) is 4.98 Å². The zero-order valence-corrected chi connectivity index (χ0v) is 15.9. The van der Waals surface area contributed by atoms with E-state index in [4.69, 9.17) is 13.8 Å². The number of aliphatic hydroxyl groups excluding tert-OH is 1. The first-order valence-electron chi connectivity index (χ1n) is 8.38. The van der Waals surface area contributed by atoms with E-state index < -0.39 is 36.8 Å². The van der Waals surface area contributed by atoms with Crippen molar-refractivity contribution in [1.29, 1.82) is 0 Å². The van der Waals surface area contributed by atoms with Gasteiger partial charge in [-0.3, -0.25) is 18.9 Å². The molecule has 0 spiro atoms. The zero-order chi connectivity index (χ0) is 19.5. The van der Waals surface area contributed by atoms with Gasteiger partial charge in [-0.15, -0.1) is 0 Å². The van der Waals surface area contributed by atoms with Crippen molar-refractivity contribution in [3.05, 3.63) is 32.6 Å². The summed E-state index contributed by atoms with van der Waals surface area (Å²) in [6.45, 7) is 4.95. The summed E-state index contributed by atoms with van der Waals surface area (Å²) < 4.78 is 29.3. The Morgan fingerprint density at radius 3 is 2.58 bits per heavy atom. The Balaban J connectivity index is 2.18. The third kappa shape index (κ3) is 4.33. The fourth-order valence-corrected chi connectivity index (χ4v) is 4.57. The smallest absolute Gasteiger partial charge is 0.330 e. The number of rotatable bonds is 8. The lowest BCUT2D eigenvalue weighted by atomic mass is 9.96. The molecule has 26 heavy (non-hydrogen) atoms. The molecule has 2 rings (SSSR count). The van der Waals surface area contributed by atoms with Gasteiger partial charge in [0.1, 0.15) is 11.7 Å². The molecule has 0 aliphatic carbocycles. The Morgan fingerprint density at radius 2 is 2.00 bits per heavy atom. The first-order valence-corrected chi connectivity index (χ1v) is 10.1. The second-order valence-corrected chi connectivity index (χ2v) is 8.33. The molecule has 0 unspecified atom stereocenters. The van der Waals surface area contributed by atoms with Gasteiger partial charge in [0.05, 0.1) is 26.0 Å². The molecule has 1 aromatic rings. The van der Waals surface area contributed by atoms with Crippen LogP contribution in [0.5, 0.6) is 0 Å². The van der Waals surface area contributed by atoms with Crippen LogP contribution in [0.3, 0.4) is 0 Å². The minimum Gasteiger partial charge on any atom is -0.385 e. The molecule has 0 radical (unpaired) electrons. The maximum absolute atomic E-state index is 12.5. The molecule has 0 amide bonds. The van der Waals surface area contributed by atoms with Gasteiger partial charge in [-0.1, -0.05) is 0 Å². The van der Waals surface area contributed by atoms with Crippen molar-refractivity contribution in [3.63, 3.8) is 0 Å². The van der Waals surface area contributed by atoms with Crippen LogP contribution in [0.1, 0.15) is 32.1 Å². The van der Waals surface area contributed by atoms with Crippen LogP contribution in [0.4, 0.5) is 0 Å². The fraction of sp³-hybridized carbons (Fsp3) is 0.733. The highest BCUT2D eigenvalue weighted by molar-refractivity contribution is 7.53.